The number of hydrogen-bond donors (Lipinski definition) is 1. The number of benzene rings is 1. The van der Waals surface area contributed by atoms with Crippen LogP contribution in [0.2, 0.25) is 0 Å². The first-order valence-electron chi connectivity index (χ1n) is 6.93. The monoisotopic (exact) mass is 259 g/mol. The first-order chi connectivity index (χ1) is 9.19. The highest BCUT2D eigenvalue weighted by molar-refractivity contribution is 5.81. The maximum atomic E-state index is 11.7. The maximum Gasteiger partial charge on any atom is 0.203 e. The number of imidazole rings is 1. The van der Waals surface area contributed by atoms with Crippen LogP contribution in [0.25, 0.3) is 11.0 Å². The highest BCUT2D eigenvalue weighted by Gasteiger charge is 2.11. The Balaban J connectivity index is 2.54. The molecule has 0 aliphatic carbocycles. The molecular weight excluding hydrogens is 238 g/mol. The Hall–Kier alpha value is -1.84. The molecule has 1 heterocycles. The van der Waals surface area contributed by atoms with Crippen LogP contribution in [-0.4, -0.2) is 14.9 Å². The molecule has 0 spiro atoms. The van der Waals surface area contributed by atoms with Crippen molar-refractivity contribution in [3.63, 3.8) is 0 Å². The van der Waals surface area contributed by atoms with Gasteiger partial charge in [-0.15, -0.1) is 0 Å². The van der Waals surface area contributed by atoms with Crippen molar-refractivity contribution in [1.29, 1.82) is 5.41 Å². The van der Waals surface area contributed by atoms with Gasteiger partial charge in [0.15, 0.2) is 5.78 Å². The second-order valence-electron chi connectivity index (χ2n) is 4.80. The second kappa shape index (κ2) is 5.87. The lowest BCUT2D eigenvalue weighted by atomic mass is 10.3. The number of hydrogen-bond acceptors (Lipinski definition) is 2. The van der Waals surface area contributed by atoms with Crippen LogP contribution in [0.15, 0.2) is 24.3 Å². The molecule has 0 aliphatic heterocycles. The summed E-state index contributed by atoms with van der Waals surface area (Å²) in [5.41, 5.74) is 2.45. The summed E-state index contributed by atoms with van der Waals surface area (Å²) >= 11 is 0. The first kappa shape index (κ1) is 13.6. The predicted molar refractivity (Wildman–Crippen MR) is 76.0 cm³/mol. The van der Waals surface area contributed by atoms with Crippen LogP contribution in [-0.2, 0) is 17.9 Å². The van der Waals surface area contributed by atoms with Gasteiger partial charge in [-0.25, -0.2) is 0 Å². The normalized spacial score (nSPS) is 11.1. The molecule has 4 nitrogen and oxygen atoms in total. The number of para-hydroxylation sites is 2. The number of fused-ring (bicyclic) bond motifs is 1. The minimum Gasteiger partial charge on any atom is -0.310 e. The summed E-state index contributed by atoms with van der Waals surface area (Å²) in [5.74, 6) is 0.164. The van der Waals surface area contributed by atoms with Crippen molar-refractivity contribution in [3.8, 4) is 0 Å². The van der Waals surface area contributed by atoms with Gasteiger partial charge in [0.2, 0.25) is 5.62 Å². The van der Waals surface area contributed by atoms with Crippen LogP contribution in [0.1, 0.15) is 33.1 Å². The molecule has 19 heavy (non-hydrogen) atoms. The molecule has 1 N–H and O–H groups in total. The fourth-order valence-electron chi connectivity index (χ4n) is 2.29. The summed E-state index contributed by atoms with van der Waals surface area (Å²) < 4.78 is 3.82. The summed E-state index contributed by atoms with van der Waals surface area (Å²) in [5, 5.41) is 8.30. The van der Waals surface area contributed by atoms with Gasteiger partial charge in [-0.2, -0.15) is 0 Å². The van der Waals surface area contributed by atoms with E-state index in [9.17, 15) is 4.79 Å². The van der Waals surface area contributed by atoms with Crippen molar-refractivity contribution in [2.45, 2.75) is 46.2 Å². The minimum absolute atomic E-state index is 0.164. The van der Waals surface area contributed by atoms with Crippen molar-refractivity contribution in [2.24, 2.45) is 0 Å². The van der Waals surface area contributed by atoms with Gasteiger partial charge >= 0.3 is 0 Å². The molecule has 0 unspecified atom stereocenters. The number of nitrogens with one attached hydrogen (secondary N) is 1. The molecule has 1 aromatic carbocycles. The zero-order valence-corrected chi connectivity index (χ0v) is 11.6. The number of carbonyl (C=O) groups is 1. The molecule has 0 amide bonds. The predicted octanol–water partition coefficient (Wildman–Crippen LogP) is 2.70. The Morgan fingerprint density at radius 2 is 1.79 bits per heavy atom. The second-order valence-corrected chi connectivity index (χ2v) is 4.80. The molecule has 0 bridgehead atoms. The maximum absolute atomic E-state index is 11.7. The molecule has 1 aromatic heterocycles. The number of aromatic nitrogens is 2. The van der Waals surface area contributed by atoms with Gasteiger partial charge in [-0.3, -0.25) is 10.2 Å². The number of ketones is 1. The van der Waals surface area contributed by atoms with Gasteiger partial charge in [0, 0.05) is 13.0 Å². The number of carbonyl (C=O) groups excluding carboxylic acids is 1. The van der Waals surface area contributed by atoms with E-state index in [1.165, 1.54) is 0 Å². The Morgan fingerprint density at radius 1 is 1.16 bits per heavy atom. The smallest absolute Gasteiger partial charge is 0.203 e. The summed E-state index contributed by atoms with van der Waals surface area (Å²) in [7, 11) is 0. The third kappa shape index (κ3) is 2.62. The van der Waals surface area contributed by atoms with Gasteiger partial charge in [-0.1, -0.05) is 32.4 Å². The number of nitrogens with zero attached hydrogens (tertiary/aromatic N) is 2. The molecule has 102 valence electrons. The van der Waals surface area contributed by atoms with Crippen LogP contribution in [0.3, 0.4) is 0 Å². The quantitative estimate of drug-likeness (QED) is 0.852. The fourth-order valence-corrected chi connectivity index (χ4v) is 2.29. The van der Waals surface area contributed by atoms with E-state index in [1.54, 1.807) is 0 Å². The van der Waals surface area contributed by atoms with Gasteiger partial charge in [0.25, 0.3) is 0 Å². The molecule has 0 atom stereocenters. The van der Waals surface area contributed by atoms with Crippen LogP contribution in [0, 0.1) is 5.41 Å². The number of unbranched alkanes of at least 4 members (excludes halogenated alkanes) is 1. The summed E-state index contributed by atoms with van der Waals surface area (Å²) in [6.07, 6.45) is 2.66. The Labute approximate surface area is 113 Å². The Kier molecular flexibility index (Phi) is 4.20. The van der Waals surface area contributed by atoms with Crippen LogP contribution < -0.4 is 5.62 Å². The summed E-state index contributed by atoms with van der Waals surface area (Å²) in [6, 6.07) is 7.95. The highest BCUT2D eigenvalue weighted by Crippen LogP contribution is 2.13. The summed E-state index contributed by atoms with van der Waals surface area (Å²) in [6.45, 7) is 5.14. The highest BCUT2D eigenvalue weighted by atomic mass is 16.1. The van der Waals surface area contributed by atoms with E-state index in [2.05, 4.69) is 6.92 Å². The Bertz CT molecular complexity index is 636. The number of Topliss-reactive ketones (excluding diaryl/α,β-unsaturated/α-hetero) is 1. The number of rotatable bonds is 6. The molecule has 0 radical (unpaired) electrons. The van der Waals surface area contributed by atoms with Crippen LogP contribution in [0.4, 0.5) is 0 Å². The average Bonchev–Trinajstić information content (AvgIpc) is 2.70. The third-order valence-electron chi connectivity index (χ3n) is 3.44. The molecule has 0 saturated heterocycles. The first-order valence-corrected chi connectivity index (χ1v) is 6.93. The van der Waals surface area contributed by atoms with E-state index in [0.717, 1.165) is 30.4 Å². The van der Waals surface area contributed by atoms with Crippen molar-refractivity contribution in [3.05, 3.63) is 29.9 Å². The standard InChI is InChI=1S/C15H21N3O/c1-3-5-10-17-13-8-6-7-9-14(13)18(15(17)16)11-12(19)4-2/h6-9,16H,3-5,10-11H2,1-2H3. The van der Waals surface area contributed by atoms with Crippen LogP contribution >= 0.6 is 0 Å². The van der Waals surface area contributed by atoms with Crippen molar-refractivity contribution in [1.82, 2.24) is 9.13 Å². The van der Waals surface area contributed by atoms with Crippen molar-refractivity contribution < 1.29 is 4.79 Å². The topological polar surface area (TPSA) is 50.8 Å². The molecular formula is C15H21N3O. The molecule has 0 saturated carbocycles. The lowest BCUT2D eigenvalue weighted by Crippen LogP contribution is -2.27. The van der Waals surface area contributed by atoms with Gasteiger partial charge in [0.05, 0.1) is 17.6 Å². The lowest BCUT2D eigenvalue weighted by molar-refractivity contribution is -0.119. The zero-order valence-electron chi connectivity index (χ0n) is 11.6. The van der Waals surface area contributed by atoms with E-state index >= 15 is 0 Å². The lowest BCUT2D eigenvalue weighted by Gasteiger charge is -2.03. The SMILES string of the molecule is CCCCn1c(=N)n(CC(=O)CC)c2ccccc21. The fraction of sp³-hybridized carbons (Fsp3) is 0.467. The van der Waals surface area contributed by atoms with Crippen LogP contribution in [0.5, 0.6) is 0 Å². The number of aryl methyl sites for hydroxylation is 1. The van der Waals surface area contributed by atoms with Gasteiger partial charge < -0.3 is 9.13 Å². The van der Waals surface area contributed by atoms with E-state index < -0.39 is 0 Å². The molecule has 4 heteroatoms. The molecule has 0 fully saturated rings. The third-order valence-corrected chi connectivity index (χ3v) is 3.44. The molecule has 2 aromatic rings. The van der Waals surface area contributed by atoms with Crippen molar-refractivity contribution in [2.75, 3.05) is 0 Å². The van der Waals surface area contributed by atoms with E-state index in [-0.39, 0.29) is 5.78 Å². The minimum atomic E-state index is 0.164. The molecule has 2 rings (SSSR count). The Morgan fingerprint density at radius 3 is 2.37 bits per heavy atom. The van der Waals surface area contributed by atoms with E-state index in [4.69, 9.17) is 5.41 Å². The zero-order chi connectivity index (χ0) is 13.8. The largest absolute Gasteiger partial charge is 0.310 e. The van der Waals surface area contributed by atoms with Crippen molar-refractivity contribution >= 4 is 16.8 Å². The summed E-state index contributed by atoms with van der Waals surface area (Å²) in [4.78, 5) is 11.7. The van der Waals surface area contributed by atoms with E-state index in [0.29, 0.717) is 18.6 Å². The molecule has 0 aliphatic rings. The van der Waals surface area contributed by atoms with E-state index in [1.807, 2.05) is 40.3 Å². The van der Waals surface area contributed by atoms with Gasteiger partial charge in [-0.05, 0) is 18.6 Å². The average molecular weight is 259 g/mol. The van der Waals surface area contributed by atoms with Gasteiger partial charge in [0.1, 0.15) is 0 Å².